The molecular weight excluding hydrogens is 340 g/mol. The Morgan fingerprint density at radius 1 is 1.16 bits per heavy atom. The van der Waals surface area contributed by atoms with Crippen LogP contribution in [0.3, 0.4) is 0 Å². The second-order valence-corrected chi connectivity index (χ2v) is 6.01. The van der Waals surface area contributed by atoms with E-state index in [9.17, 15) is 9.59 Å². The van der Waals surface area contributed by atoms with Crippen molar-refractivity contribution in [2.24, 2.45) is 0 Å². The Bertz CT molecular complexity index is 965. The average molecular weight is 357 g/mol. The van der Waals surface area contributed by atoms with Gasteiger partial charge in [-0.3, -0.25) is 14.2 Å². The minimum Gasteiger partial charge on any atom is -0.464 e. The van der Waals surface area contributed by atoms with Crippen LogP contribution < -0.4 is 5.56 Å². The van der Waals surface area contributed by atoms with Crippen LogP contribution in [0.5, 0.6) is 0 Å². The molecule has 0 bridgehead atoms. The summed E-state index contributed by atoms with van der Waals surface area (Å²) in [6, 6.07) is 14.0. The van der Waals surface area contributed by atoms with E-state index in [1.165, 1.54) is 4.57 Å². The van der Waals surface area contributed by atoms with E-state index in [0.29, 0.717) is 33.9 Å². The van der Waals surface area contributed by atoms with Gasteiger partial charge >= 0.3 is 5.97 Å². The molecular formula is C19H17ClN2O3. The van der Waals surface area contributed by atoms with Gasteiger partial charge in [0.1, 0.15) is 12.4 Å². The van der Waals surface area contributed by atoms with Gasteiger partial charge in [-0.2, -0.15) is 0 Å². The fourth-order valence-electron chi connectivity index (χ4n) is 2.52. The summed E-state index contributed by atoms with van der Waals surface area (Å²) in [5, 5.41) is 1.05. The SMILES string of the molecule is CCCOC(=O)Cn1c(-c2ccc(Cl)cc2)nc2ccccc2c1=O. The first kappa shape index (κ1) is 17.2. The molecule has 3 rings (SSSR count). The lowest BCUT2D eigenvalue weighted by molar-refractivity contribution is -0.144. The highest BCUT2D eigenvalue weighted by atomic mass is 35.5. The van der Waals surface area contributed by atoms with Gasteiger partial charge in [-0.05, 0) is 42.8 Å². The van der Waals surface area contributed by atoms with Gasteiger partial charge < -0.3 is 4.74 Å². The van der Waals surface area contributed by atoms with Crippen molar-refractivity contribution in [3.05, 3.63) is 63.9 Å². The maximum absolute atomic E-state index is 12.9. The number of halogens is 1. The highest BCUT2D eigenvalue weighted by molar-refractivity contribution is 6.30. The van der Waals surface area contributed by atoms with Crippen molar-refractivity contribution in [1.29, 1.82) is 0 Å². The minimum absolute atomic E-state index is 0.186. The summed E-state index contributed by atoms with van der Waals surface area (Å²) < 4.78 is 6.48. The fourth-order valence-corrected chi connectivity index (χ4v) is 2.65. The number of hydrogen-bond donors (Lipinski definition) is 0. The highest BCUT2D eigenvalue weighted by Gasteiger charge is 2.16. The van der Waals surface area contributed by atoms with Crippen LogP contribution in [-0.2, 0) is 16.1 Å². The number of benzene rings is 2. The Morgan fingerprint density at radius 2 is 1.88 bits per heavy atom. The minimum atomic E-state index is -0.462. The normalized spacial score (nSPS) is 10.8. The lowest BCUT2D eigenvalue weighted by atomic mass is 10.2. The van der Waals surface area contributed by atoms with Gasteiger partial charge in [0, 0.05) is 10.6 Å². The molecule has 0 aliphatic heterocycles. The van der Waals surface area contributed by atoms with E-state index in [0.717, 1.165) is 6.42 Å². The van der Waals surface area contributed by atoms with Crippen LogP contribution in [0.25, 0.3) is 22.3 Å². The Hall–Kier alpha value is -2.66. The predicted molar refractivity (Wildman–Crippen MR) is 97.7 cm³/mol. The van der Waals surface area contributed by atoms with Gasteiger partial charge in [-0.25, -0.2) is 4.98 Å². The first-order chi connectivity index (χ1) is 12.1. The van der Waals surface area contributed by atoms with Gasteiger partial charge in [0.15, 0.2) is 0 Å². The van der Waals surface area contributed by atoms with E-state index in [-0.39, 0.29) is 12.1 Å². The van der Waals surface area contributed by atoms with Gasteiger partial charge in [0.2, 0.25) is 0 Å². The lowest BCUT2D eigenvalue weighted by Crippen LogP contribution is -2.28. The maximum Gasteiger partial charge on any atom is 0.326 e. The van der Waals surface area contributed by atoms with Crippen molar-refractivity contribution in [3.8, 4) is 11.4 Å². The molecule has 0 saturated heterocycles. The van der Waals surface area contributed by atoms with Gasteiger partial charge in [0.25, 0.3) is 5.56 Å². The first-order valence-corrected chi connectivity index (χ1v) is 8.39. The van der Waals surface area contributed by atoms with Gasteiger partial charge in [0.05, 0.1) is 17.5 Å². The summed E-state index contributed by atoms with van der Waals surface area (Å²) in [6.45, 7) is 2.05. The zero-order valence-electron chi connectivity index (χ0n) is 13.7. The molecule has 0 atom stereocenters. The third-order valence-electron chi connectivity index (χ3n) is 3.72. The van der Waals surface area contributed by atoms with Crippen LogP contribution in [0, 0.1) is 0 Å². The van der Waals surface area contributed by atoms with E-state index >= 15 is 0 Å². The predicted octanol–water partition coefficient (Wildman–Crippen LogP) is 3.67. The highest BCUT2D eigenvalue weighted by Crippen LogP contribution is 2.21. The zero-order valence-corrected chi connectivity index (χ0v) is 14.5. The standard InChI is InChI=1S/C19H17ClN2O3/c1-2-11-25-17(23)12-22-18(13-7-9-14(20)10-8-13)21-16-6-4-3-5-15(16)19(22)24/h3-10H,2,11-12H2,1H3. The second kappa shape index (κ2) is 7.49. The molecule has 3 aromatic rings. The fraction of sp³-hybridized carbons (Fsp3) is 0.211. The molecule has 25 heavy (non-hydrogen) atoms. The molecule has 1 heterocycles. The Labute approximate surface area is 149 Å². The Morgan fingerprint density at radius 3 is 2.60 bits per heavy atom. The lowest BCUT2D eigenvalue weighted by Gasteiger charge is -2.13. The van der Waals surface area contributed by atoms with Crippen LogP contribution in [0.2, 0.25) is 5.02 Å². The van der Waals surface area contributed by atoms with E-state index in [4.69, 9.17) is 16.3 Å². The van der Waals surface area contributed by atoms with Crippen LogP contribution in [0.4, 0.5) is 0 Å². The summed E-state index contributed by atoms with van der Waals surface area (Å²) in [7, 11) is 0. The Balaban J connectivity index is 2.15. The molecule has 0 radical (unpaired) electrons. The third kappa shape index (κ3) is 3.72. The van der Waals surface area contributed by atoms with Gasteiger partial charge in [-0.1, -0.05) is 30.7 Å². The zero-order chi connectivity index (χ0) is 17.8. The summed E-state index contributed by atoms with van der Waals surface area (Å²) in [6.07, 6.45) is 0.723. The molecule has 5 nitrogen and oxygen atoms in total. The maximum atomic E-state index is 12.9. The van der Waals surface area contributed by atoms with Crippen LogP contribution >= 0.6 is 11.6 Å². The topological polar surface area (TPSA) is 61.2 Å². The van der Waals surface area contributed by atoms with E-state index in [1.807, 2.05) is 13.0 Å². The molecule has 0 saturated carbocycles. The number of nitrogens with zero attached hydrogens (tertiary/aromatic N) is 2. The van der Waals surface area contributed by atoms with Crippen molar-refractivity contribution in [3.63, 3.8) is 0 Å². The number of fused-ring (bicyclic) bond motifs is 1. The number of rotatable bonds is 5. The first-order valence-electron chi connectivity index (χ1n) is 8.01. The number of carbonyl (C=O) groups excluding carboxylic acids is 1. The van der Waals surface area contributed by atoms with Crippen molar-refractivity contribution >= 4 is 28.5 Å². The summed E-state index contributed by atoms with van der Waals surface area (Å²) >= 11 is 5.94. The van der Waals surface area contributed by atoms with Crippen molar-refractivity contribution in [1.82, 2.24) is 9.55 Å². The van der Waals surface area contributed by atoms with Crippen LogP contribution in [0.15, 0.2) is 53.3 Å². The number of aromatic nitrogens is 2. The number of para-hydroxylation sites is 1. The van der Waals surface area contributed by atoms with Crippen molar-refractivity contribution in [2.75, 3.05) is 6.61 Å². The number of esters is 1. The smallest absolute Gasteiger partial charge is 0.326 e. The van der Waals surface area contributed by atoms with Gasteiger partial charge in [-0.15, -0.1) is 0 Å². The molecule has 0 aliphatic carbocycles. The number of ether oxygens (including phenoxy) is 1. The summed E-state index contributed by atoms with van der Waals surface area (Å²) in [4.78, 5) is 29.5. The number of carbonyl (C=O) groups is 1. The molecule has 128 valence electrons. The van der Waals surface area contributed by atoms with Crippen molar-refractivity contribution < 1.29 is 9.53 Å². The van der Waals surface area contributed by atoms with E-state index < -0.39 is 5.97 Å². The molecule has 0 N–H and O–H groups in total. The molecule has 2 aromatic carbocycles. The second-order valence-electron chi connectivity index (χ2n) is 5.57. The third-order valence-corrected chi connectivity index (χ3v) is 3.97. The molecule has 0 amide bonds. The molecule has 0 spiro atoms. The number of hydrogen-bond acceptors (Lipinski definition) is 4. The largest absolute Gasteiger partial charge is 0.464 e. The molecule has 0 unspecified atom stereocenters. The molecule has 0 fully saturated rings. The van der Waals surface area contributed by atoms with E-state index in [1.54, 1.807) is 42.5 Å². The monoisotopic (exact) mass is 356 g/mol. The van der Waals surface area contributed by atoms with Crippen LogP contribution in [-0.4, -0.2) is 22.1 Å². The average Bonchev–Trinajstić information content (AvgIpc) is 2.63. The molecule has 1 aromatic heterocycles. The quantitative estimate of drug-likeness (QED) is 0.654. The molecule has 6 heteroatoms. The summed E-state index contributed by atoms with van der Waals surface area (Å²) in [5.74, 6) is -0.0509. The Kier molecular flexibility index (Phi) is 5.14. The molecule has 0 aliphatic rings. The van der Waals surface area contributed by atoms with Crippen molar-refractivity contribution in [2.45, 2.75) is 19.9 Å². The van der Waals surface area contributed by atoms with E-state index in [2.05, 4.69) is 4.98 Å². The summed E-state index contributed by atoms with van der Waals surface area (Å²) in [5.41, 5.74) is 1.01. The van der Waals surface area contributed by atoms with Crippen LogP contribution in [0.1, 0.15) is 13.3 Å².